The monoisotopic (exact) mass is 468 g/mol. The number of piperazine rings is 1. The van der Waals surface area contributed by atoms with Crippen LogP contribution in [0.1, 0.15) is 29.1 Å². The van der Waals surface area contributed by atoms with E-state index in [0.717, 1.165) is 0 Å². The number of furan rings is 1. The Kier molecular flexibility index (Phi) is 7.17. The van der Waals surface area contributed by atoms with Crippen LogP contribution in [0.4, 0.5) is 4.79 Å². The summed E-state index contributed by atoms with van der Waals surface area (Å²) in [5, 5.41) is 5.63. The van der Waals surface area contributed by atoms with Crippen LogP contribution >= 0.6 is 0 Å². The number of hydrogen-bond acceptors (Lipinski definition) is 7. The molecular weight excluding hydrogens is 440 g/mol. The molecule has 2 aromatic rings. The quantitative estimate of drug-likeness (QED) is 0.597. The minimum absolute atomic E-state index is 0.149. The van der Waals surface area contributed by atoms with E-state index >= 15 is 0 Å². The van der Waals surface area contributed by atoms with Crippen molar-refractivity contribution in [3.8, 4) is 5.75 Å². The first-order valence-corrected chi connectivity index (χ1v) is 11.2. The molecule has 0 radical (unpaired) electrons. The Morgan fingerprint density at radius 3 is 2.62 bits per heavy atom. The summed E-state index contributed by atoms with van der Waals surface area (Å²) in [6.07, 6.45) is 1.48. The number of nitrogens with one attached hydrogen (secondary N) is 2. The lowest BCUT2D eigenvalue weighted by Crippen LogP contribution is -2.52. The second-order valence-corrected chi connectivity index (χ2v) is 7.97. The average molecular weight is 469 g/mol. The molecule has 1 atom stereocenters. The van der Waals surface area contributed by atoms with Gasteiger partial charge in [-0.3, -0.25) is 9.69 Å². The lowest BCUT2D eigenvalue weighted by atomic mass is 9.94. The Hall–Kier alpha value is -3.79. The molecule has 180 valence electrons. The molecule has 0 unspecified atom stereocenters. The van der Waals surface area contributed by atoms with E-state index in [1.807, 2.05) is 6.07 Å². The molecule has 0 bridgehead atoms. The predicted octanol–water partition coefficient (Wildman–Crippen LogP) is 1.92. The molecule has 10 heteroatoms. The zero-order valence-electron chi connectivity index (χ0n) is 19.2. The average Bonchev–Trinajstić information content (AvgIpc) is 3.39. The minimum atomic E-state index is -0.681. The first-order valence-electron chi connectivity index (χ1n) is 11.2. The van der Waals surface area contributed by atoms with Crippen molar-refractivity contribution in [2.24, 2.45) is 0 Å². The Labute approximate surface area is 197 Å². The highest BCUT2D eigenvalue weighted by Gasteiger charge is 2.35. The van der Waals surface area contributed by atoms with Crippen molar-refractivity contribution in [3.05, 3.63) is 65.3 Å². The van der Waals surface area contributed by atoms with Crippen molar-refractivity contribution >= 4 is 17.9 Å². The summed E-state index contributed by atoms with van der Waals surface area (Å²) in [5.74, 6) is 0.286. The standard InChI is InChI=1S/C24H28N4O6/c1-3-33-23(30)20-18(25-24(31)26-21(20)16-6-4-7-17(14-16)32-2)15-27-9-11-28(12-10-27)22(29)19-8-5-13-34-19/h4-8,13-14,21H,3,9-12,15H2,1-2H3,(H2,25,26,31)/t21-/m0/s1. The zero-order chi connectivity index (χ0) is 24.1. The molecule has 1 fully saturated rings. The van der Waals surface area contributed by atoms with Gasteiger partial charge in [-0.25, -0.2) is 9.59 Å². The number of benzene rings is 1. The number of nitrogens with zero attached hydrogens (tertiary/aromatic N) is 2. The van der Waals surface area contributed by atoms with Gasteiger partial charge in [-0.1, -0.05) is 12.1 Å². The van der Waals surface area contributed by atoms with Gasteiger partial charge in [0.05, 0.1) is 31.6 Å². The normalized spacial score (nSPS) is 18.8. The minimum Gasteiger partial charge on any atom is -0.497 e. The van der Waals surface area contributed by atoms with E-state index in [9.17, 15) is 14.4 Å². The molecule has 0 saturated carbocycles. The van der Waals surface area contributed by atoms with Gasteiger partial charge in [-0.2, -0.15) is 0 Å². The van der Waals surface area contributed by atoms with Crippen molar-refractivity contribution in [1.82, 2.24) is 20.4 Å². The van der Waals surface area contributed by atoms with Gasteiger partial charge in [0.15, 0.2) is 5.76 Å². The second-order valence-electron chi connectivity index (χ2n) is 7.97. The van der Waals surface area contributed by atoms with Crippen molar-refractivity contribution in [3.63, 3.8) is 0 Å². The van der Waals surface area contributed by atoms with Gasteiger partial charge >= 0.3 is 12.0 Å². The highest BCUT2D eigenvalue weighted by Crippen LogP contribution is 2.30. The largest absolute Gasteiger partial charge is 0.497 e. The van der Waals surface area contributed by atoms with Gasteiger partial charge in [0.1, 0.15) is 5.75 Å². The van der Waals surface area contributed by atoms with E-state index in [-0.39, 0.29) is 12.5 Å². The van der Waals surface area contributed by atoms with Crippen LogP contribution < -0.4 is 15.4 Å². The summed E-state index contributed by atoms with van der Waals surface area (Å²) in [6.45, 7) is 4.47. The molecule has 3 heterocycles. The Morgan fingerprint density at radius 2 is 1.94 bits per heavy atom. The molecule has 4 rings (SSSR count). The molecule has 2 N–H and O–H groups in total. The second kappa shape index (κ2) is 10.4. The van der Waals surface area contributed by atoms with E-state index in [2.05, 4.69) is 15.5 Å². The van der Waals surface area contributed by atoms with Crippen LogP contribution in [-0.2, 0) is 9.53 Å². The first-order chi connectivity index (χ1) is 16.5. The lowest BCUT2D eigenvalue weighted by Gasteiger charge is -2.36. The van der Waals surface area contributed by atoms with Crippen LogP contribution in [0.25, 0.3) is 0 Å². The lowest BCUT2D eigenvalue weighted by molar-refractivity contribution is -0.139. The van der Waals surface area contributed by atoms with Crippen molar-refractivity contribution in [1.29, 1.82) is 0 Å². The summed E-state index contributed by atoms with van der Waals surface area (Å²) in [7, 11) is 1.56. The van der Waals surface area contributed by atoms with Crippen LogP contribution in [0, 0.1) is 0 Å². The molecule has 3 amide bonds. The van der Waals surface area contributed by atoms with Crippen LogP contribution in [-0.4, -0.2) is 74.1 Å². The van der Waals surface area contributed by atoms with E-state index in [1.165, 1.54) is 6.26 Å². The molecule has 0 aliphatic carbocycles. The third kappa shape index (κ3) is 5.07. The zero-order valence-corrected chi connectivity index (χ0v) is 19.2. The highest BCUT2D eigenvalue weighted by atomic mass is 16.5. The van der Waals surface area contributed by atoms with Gasteiger partial charge < -0.3 is 29.4 Å². The van der Waals surface area contributed by atoms with Crippen molar-refractivity contribution in [2.75, 3.05) is 46.4 Å². The summed E-state index contributed by atoms with van der Waals surface area (Å²) >= 11 is 0. The summed E-state index contributed by atoms with van der Waals surface area (Å²) in [6, 6.07) is 9.47. The van der Waals surface area contributed by atoms with Gasteiger partial charge in [-0.15, -0.1) is 0 Å². The maximum absolute atomic E-state index is 13.0. The number of urea groups is 1. The fourth-order valence-corrected chi connectivity index (χ4v) is 4.15. The predicted molar refractivity (Wildman–Crippen MR) is 122 cm³/mol. The van der Waals surface area contributed by atoms with Crippen LogP contribution in [0.15, 0.2) is 58.3 Å². The van der Waals surface area contributed by atoms with Crippen LogP contribution in [0.2, 0.25) is 0 Å². The van der Waals surface area contributed by atoms with E-state index in [0.29, 0.717) is 61.1 Å². The fraction of sp³-hybridized carbons (Fsp3) is 0.375. The molecule has 1 aromatic heterocycles. The van der Waals surface area contributed by atoms with E-state index in [4.69, 9.17) is 13.9 Å². The van der Waals surface area contributed by atoms with Gasteiger partial charge in [0.2, 0.25) is 0 Å². The van der Waals surface area contributed by atoms with Crippen molar-refractivity contribution < 1.29 is 28.3 Å². The topological polar surface area (TPSA) is 113 Å². The highest BCUT2D eigenvalue weighted by molar-refractivity contribution is 5.95. The van der Waals surface area contributed by atoms with Crippen molar-refractivity contribution in [2.45, 2.75) is 13.0 Å². The number of ether oxygens (including phenoxy) is 2. The molecule has 0 spiro atoms. The van der Waals surface area contributed by atoms with Crippen LogP contribution in [0.5, 0.6) is 5.75 Å². The molecular formula is C24H28N4O6. The molecule has 1 aromatic carbocycles. The Morgan fingerprint density at radius 1 is 1.15 bits per heavy atom. The third-order valence-corrected chi connectivity index (χ3v) is 5.85. The maximum atomic E-state index is 13.0. The molecule has 2 aliphatic rings. The van der Waals surface area contributed by atoms with Gasteiger partial charge in [-0.05, 0) is 36.8 Å². The number of amides is 3. The molecule has 1 saturated heterocycles. The number of methoxy groups -OCH3 is 1. The Balaban J connectivity index is 1.55. The fourth-order valence-electron chi connectivity index (χ4n) is 4.15. The number of hydrogen-bond donors (Lipinski definition) is 2. The van der Waals surface area contributed by atoms with E-state index < -0.39 is 18.0 Å². The Bertz CT molecular complexity index is 1070. The molecule has 2 aliphatic heterocycles. The SMILES string of the molecule is CCOC(=O)C1=C(CN2CCN(C(=O)c3ccco3)CC2)NC(=O)N[C@H]1c1cccc(OC)c1. The van der Waals surface area contributed by atoms with Gasteiger partial charge in [0.25, 0.3) is 5.91 Å². The molecule has 10 nitrogen and oxygen atoms in total. The van der Waals surface area contributed by atoms with E-state index in [1.54, 1.807) is 49.3 Å². The third-order valence-electron chi connectivity index (χ3n) is 5.85. The summed E-state index contributed by atoms with van der Waals surface area (Å²) < 4.78 is 15.9. The smallest absolute Gasteiger partial charge is 0.338 e. The number of rotatable bonds is 7. The first kappa shape index (κ1) is 23.4. The van der Waals surface area contributed by atoms with Crippen LogP contribution in [0.3, 0.4) is 0 Å². The maximum Gasteiger partial charge on any atom is 0.338 e. The summed E-state index contributed by atoms with van der Waals surface area (Å²) in [5.41, 5.74) is 1.55. The number of carbonyl (C=O) groups excluding carboxylic acids is 3. The van der Waals surface area contributed by atoms with Gasteiger partial charge in [0, 0.05) is 38.4 Å². The number of carbonyl (C=O) groups is 3. The molecule has 34 heavy (non-hydrogen) atoms. The number of esters is 1. The summed E-state index contributed by atoms with van der Waals surface area (Å²) in [4.78, 5) is 41.9.